The minimum atomic E-state index is -3.43. The van der Waals surface area contributed by atoms with Crippen LogP contribution in [0.15, 0.2) is 24.3 Å². The molecule has 114 valence electrons. The summed E-state index contributed by atoms with van der Waals surface area (Å²) in [6.45, 7) is -0.457. The van der Waals surface area contributed by atoms with Crippen LogP contribution in [0, 0.1) is 0 Å². The number of alkyl halides is 2. The predicted octanol–water partition coefficient (Wildman–Crippen LogP) is 1.62. The normalized spacial score (nSPS) is 13.4. The Morgan fingerprint density at radius 1 is 1.30 bits per heavy atom. The first-order valence-corrected chi connectivity index (χ1v) is 7.78. The lowest BCUT2D eigenvalue weighted by Gasteiger charge is -2.14. The number of nitrogens with one attached hydrogen (secondary N) is 1. The summed E-state index contributed by atoms with van der Waals surface area (Å²) in [5.41, 5.74) is 0.891. The number of nitrogens with two attached hydrogens (primary N) is 1. The van der Waals surface area contributed by atoms with E-state index < -0.39 is 16.6 Å². The Bertz CT molecular complexity index is 506. The highest BCUT2D eigenvalue weighted by Crippen LogP contribution is 2.19. The summed E-state index contributed by atoms with van der Waals surface area (Å²) in [5.74, 6) is 0.0265. The molecule has 0 saturated carbocycles. The highest BCUT2D eigenvalue weighted by atomic mass is 32.2. The summed E-state index contributed by atoms with van der Waals surface area (Å²) in [6, 6.07) is 6.24. The Labute approximate surface area is 117 Å². The molecule has 1 aromatic rings. The minimum absolute atomic E-state index is 0.0314. The van der Waals surface area contributed by atoms with Crippen molar-refractivity contribution in [2.24, 2.45) is 5.14 Å². The minimum Gasteiger partial charge on any atom is -0.435 e. The number of sulfonamides is 1. The molecule has 0 spiro atoms. The molecule has 0 saturated heterocycles. The molecule has 8 heteroatoms. The van der Waals surface area contributed by atoms with E-state index in [1.165, 1.54) is 12.1 Å². The lowest BCUT2D eigenvalue weighted by molar-refractivity contribution is -0.0498. The summed E-state index contributed by atoms with van der Waals surface area (Å²) < 4.78 is 49.7. The van der Waals surface area contributed by atoms with Crippen LogP contribution < -0.4 is 15.2 Å². The van der Waals surface area contributed by atoms with Gasteiger partial charge in [-0.2, -0.15) is 8.78 Å². The largest absolute Gasteiger partial charge is 0.435 e. The fourth-order valence-corrected chi connectivity index (χ4v) is 2.19. The molecule has 20 heavy (non-hydrogen) atoms. The molecule has 0 aliphatic heterocycles. The van der Waals surface area contributed by atoms with Gasteiger partial charge in [-0.05, 0) is 37.6 Å². The summed E-state index contributed by atoms with van der Waals surface area (Å²) in [7, 11) is -3.43. The van der Waals surface area contributed by atoms with Gasteiger partial charge in [0.1, 0.15) is 5.75 Å². The van der Waals surface area contributed by atoms with Gasteiger partial charge in [0.15, 0.2) is 0 Å². The lowest BCUT2D eigenvalue weighted by Crippen LogP contribution is -2.24. The number of ether oxygens (including phenoxy) is 1. The Morgan fingerprint density at radius 2 is 1.90 bits per heavy atom. The lowest BCUT2D eigenvalue weighted by atomic mass is 10.1. The zero-order valence-corrected chi connectivity index (χ0v) is 11.9. The van der Waals surface area contributed by atoms with Crippen molar-refractivity contribution in [3.05, 3.63) is 29.8 Å². The van der Waals surface area contributed by atoms with Crippen molar-refractivity contribution < 1.29 is 21.9 Å². The monoisotopic (exact) mass is 308 g/mol. The topological polar surface area (TPSA) is 81.4 Å². The number of primary sulfonamides is 1. The third-order valence-electron chi connectivity index (χ3n) is 2.66. The van der Waals surface area contributed by atoms with Gasteiger partial charge >= 0.3 is 6.61 Å². The molecular weight excluding hydrogens is 290 g/mol. The van der Waals surface area contributed by atoms with Crippen LogP contribution in [0.2, 0.25) is 0 Å². The van der Waals surface area contributed by atoms with Gasteiger partial charge in [0.05, 0.1) is 5.75 Å². The van der Waals surface area contributed by atoms with Crippen molar-refractivity contribution in [3.8, 4) is 5.75 Å². The number of benzene rings is 1. The van der Waals surface area contributed by atoms with E-state index in [1.807, 2.05) is 6.92 Å². The summed E-state index contributed by atoms with van der Waals surface area (Å²) >= 11 is 0. The van der Waals surface area contributed by atoms with Gasteiger partial charge in [0.2, 0.25) is 10.0 Å². The van der Waals surface area contributed by atoms with Gasteiger partial charge in [0.25, 0.3) is 0 Å². The quantitative estimate of drug-likeness (QED) is 0.715. The third kappa shape index (κ3) is 6.78. The SMILES string of the molecule is CC(NCCCS(N)(=O)=O)c1ccc(OC(F)F)cc1. The van der Waals surface area contributed by atoms with Crippen LogP contribution in [0.25, 0.3) is 0 Å². The average molecular weight is 308 g/mol. The Hall–Kier alpha value is -1.25. The van der Waals surface area contributed by atoms with E-state index in [-0.39, 0.29) is 17.5 Å². The van der Waals surface area contributed by atoms with Gasteiger partial charge in [0, 0.05) is 6.04 Å². The Morgan fingerprint density at radius 3 is 2.40 bits per heavy atom. The van der Waals surface area contributed by atoms with Crippen molar-refractivity contribution >= 4 is 10.0 Å². The van der Waals surface area contributed by atoms with Crippen LogP contribution in [-0.2, 0) is 10.0 Å². The Kier molecular flexibility index (Phi) is 6.31. The fourth-order valence-electron chi connectivity index (χ4n) is 1.65. The molecule has 0 radical (unpaired) electrons. The molecule has 1 atom stereocenters. The first-order valence-electron chi connectivity index (χ1n) is 6.06. The number of halogens is 2. The van der Waals surface area contributed by atoms with E-state index in [0.717, 1.165) is 5.56 Å². The third-order valence-corrected chi connectivity index (χ3v) is 3.52. The molecule has 0 amide bonds. The molecule has 0 heterocycles. The second kappa shape index (κ2) is 7.51. The summed E-state index contributed by atoms with van der Waals surface area (Å²) in [6.07, 6.45) is 0.412. The average Bonchev–Trinajstić information content (AvgIpc) is 2.33. The standard InChI is InChI=1S/C12H18F2N2O3S/c1-9(16-7-2-8-20(15,17)18)10-3-5-11(6-4-10)19-12(13)14/h3-6,9,12,16H,2,7-8H2,1H3,(H2,15,17,18). The molecule has 0 aliphatic carbocycles. The van der Waals surface area contributed by atoms with Crippen LogP contribution in [0.4, 0.5) is 8.78 Å². The van der Waals surface area contributed by atoms with Crippen molar-refractivity contribution in [3.63, 3.8) is 0 Å². The van der Waals surface area contributed by atoms with Crippen molar-refractivity contribution in [2.75, 3.05) is 12.3 Å². The molecule has 0 fully saturated rings. The molecule has 1 aromatic carbocycles. The van der Waals surface area contributed by atoms with Crippen LogP contribution in [-0.4, -0.2) is 27.3 Å². The molecule has 0 aliphatic rings. The van der Waals surface area contributed by atoms with Crippen LogP contribution in [0.1, 0.15) is 24.9 Å². The maximum atomic E-state index is 12.0. The van der Waals surface area contributed by atoms with Crippen LogP contribution in [0.5, 0.6) is 5.75 Å². The first kappa shape index (κ1) is 16.8. The molecular formula is C12H18F2N2O3S. The van der Waals surface area contributed by atoms with Gasteiger partial charge in [-0.1, -0.05) is 12.1 Å². The smallest absolute Gasteiger partial charge is 0.387 e. The molecule has 1 unspecified atom stereocenters. The van der Waals surface area contributed by atoms with Crippen molar-refractivity contribution in [1.82, 2.24) is 5.32 Å². The van der Waals surface area contributed by atoms with E-state index >= 15 is 0 Å². The summed E-state index contributed by atoms with van der Waals surface area (Å²) in [4.78, 5) is 0. The van der Waals surface area contributed by atoms with Crippen LogP contribution >= 0.6 is 0 Å². The Balaban J connectivity index is 2.41. The molecule has 0 aromatic heterocycles. The van der Waals surface area contributed by atoms with E-state index in [0.29, 0.717) is 13.0 Å². The second-order valence-electron chi connectivity index (χ2n) is 4.34. The summed E-state index contributed by atoms with van der Waals surface area (Å²) in [5, 5.41) is 8.01. The van der Waals surface area contributed by atoms with Gasteiger partial charge in [-0.25, -0.2) is 13.6 Å². The first-order chi connectivity index (χ1) is 9.28. The maximum Gasteiger partial charge on any atom is 0.387 e. The van der Waals surface area contributed by atoms with Crippen molar-refractivity contribution in [1.29, 1.82) is 0 Å². The fraction of sp³-hybridized carbons (Fsp3) is 0.500. The van der Waals surface area contributed by atoms with Gasteiger partial charge in [-0.15, -0.1) is 0 Å². The zero-order valence-electron chi connectivity index (χ0n) is 11.1. The van der Waals surface area contributed by atoms with Crippen molar-refractivity contribution in [2.45, 2.75) is 26.0 Å². The molecule has 3 N–H and O–H groups in total. The van der Waals surface area contributed by atoms with E-state index in [2.05, 4.69) is 10.1 Å². The molecule has 1 rings (SSSR count). The van der Waals surface area contributed by atoms with Crippen LogP contribution in [0.3, 0.4) is 0 Å². The molecule has 0 bridgehead atoms. The maximum absolute atomic E-state index is 12.0. The number of hydrogen-bond acceptors (Lipinski definition) is 4. The van der Waals surface area contributed by atoms with E-state index in [1.54, 1.807) is 12.1 Å². The number of rotatable bonds is 8. The highest BCUT2D eigenvalue weighted by molar-refractivity contribution is 7.89. The highest BCUT2D eigenvalue weighted by Gasteiger charge is 2.08. The zero-order chi connectivity index (χ0) is 15.2. The number of hydrogen-bond donors (Lipinski definition) is 2. The molecule has 5 nitrogen and oxygen atoms in total. The van der Waals surface area contributed by atoms with E-state index in [9.17, 15) is 17.2 Å². The van der Waals surface area contributed by atoms with Gasteiger partial charge < -0.3 is 10.1 Å². The second-order valence-corrected chi connectivity index (χ2v) is 6.08. The van der Waals surface area contributed by atoms with Gasteiger partial charge in [-0.3, -0.25) is 0 Å². The van der Waals surface area contributed by atoms with E-state index in [4.69, 9.17) is 5.14 Å². The predicted molar refractivity (Wildman–Crippen MR) is 72.1 cm³/mol.